The molecule has 0 saturated heterocycles. The monoisotopic (exact) mass is 248 g/mol. The maximum atomic E-state index is 9.19. The third kappa shape index (κ3) is 3.26. The molecular formula is C15H20O3. The molecule has 0 bridgehead atoms. The van der Waals surface area contributed by atoms with Gasteiger partial charge in [-0.25, -0.2) is 0 Å². The van der Waals surface area contributed by atoms with Gasteiger partial charge in [-0.15, -0.1) is 0 Å². The van der Waals surface area contributed by atoms with Crippen molar-refractivity contribution in [2.45, 2.75) is 26.2 Å². The van der Waals surface area contributed by atoms with Crippen molar-refractivity contribution < 1.29 is 14.6 Å². The minimum atomic E-state index is 0.0948. The number of ether oxygens (including phenoxy) is 2. The lowest BCUT2D eigenvalue weighted by Gasteiger charge is -2.10. The highest BCUT2D eigenvalue weighted by atomic mass is 16.5. The standard InChI is InChI=1S/C15H20O3/c1-2-3-7-17-14-5-4-13-9-12(11-16)6-8-18-15(13)10-14/h4-5,9-10,16H,2-3,6-8,11H2,1H3. The van der Waals surface area contributed by atoms with Gasteiger partial charge in [0.15, 0.2) is 0 Å². The van der Waals surface area contributed by atoms with E-state index in [1.807, 2.05) is 24.3 Å². The van der Waals surface area contributed by atoms with Crippen LogP contribution in [0.5, 0.6) is 11.5 Å². The van der Waals surface area contributed by atoms with Gasteiger partial charge in [-0.05, 0) is 30.2 Å². The number of unbranched alkanes of at least 4 members (excludes halogenated alkanes) is 1. The van der Waals surface area contributed by atoms with Gasteiger partial charge in [-0.3, -0.25) is 0 Å². The second-order valence-corrected chi connectivity index (χ2v) is 4.46. The van der Waals surface area contributed by atoms with Crippen molar-refractivity contribution in [2.75, 3.05) is 19.8 Å². The van der Waals surface area contributed by atoms with Crippen LogP contribution in [0, 0.1) is 0 Å². The Kier molecular flexibility index (Phi) is 4.65. The number of aliphatic hydroxyl groups is 1. The summed E-state index contributed by atoms with van der Waals surface area (Å²) in [4.78, 5) is 0. The summed E-state index contributed by atoms with van der Waals surface area (Å²) in [6.07, 6.45) is 4.96. The lowest BCUT2D eigenvalue weighted by Crippen LogP contribution is -2.00. The van der Waals surface area contributed by atoms with E-state index in [2.05, 4.69) is 6.92 Å². The van der Waals surface area contributed by atoms with E-state index in [4.69, 9.17) is 9.47 Å². The van der Waals surface area contributed by atoms with Crippen molar-refractivity contribution >= 4 is 6.08 Å². The lowest BCUT2D eigenvalue weighted by molar-refractivity contribution is 0.290. The van der Waals surface area contributed by atoms with E-state index in [-0.39, 0.29) is 6.61 Å². The van der Waals surface area contributed by atoms with E-state index in [0.29, 0.717) is 6.61 Å². The maximum absolute atomic E-state index is 9.19. The van der Waals surface area contributed by atoms with E-state index < -0.39 is 0 Å². The van der Waals surface area contributed by atoms with Crippen LogP contribution in [0.25, 0.3) is 6.08 Å². The van der Waals surface area contributed by atoms with Crippen LogP contribution in [0.1, 0.15) is 31.7 Å². The first-order valence-electron chi connectivity index (χ1n) is 6.53. The Labute approximate surface area is 108 Å². The van der Waals surface area contributed by atoms with Crippen LogP contribution in [0.2, 0.25) is 0 Å². The Balaban J connectivity index is 2.12. The molecule has 3 nitrogen and oxygen atoms in total. The first-order chi connectivity index (χ1) is 8.83. The van der Waals surface area contributed by atoms with Gasteiger partial charge >= 0.3 is 0 Å². The molecule has 1 aliphatic heterocycles. The van der Waals surface area contributed by atoms with E-state index in [9.17, 15) is 5.11 Å². The predicted molar refractivity (Wildman–Crippen MR) is 72.0 cm³/mol. The minimum Gasteiger partial charge on any atom is -0.493 e. The van der Waals surface area contributed by atoms with Gasteiger partial charge in [0.2, 0.25) is 0 Å². The molecule has 2 rings (SSSR count). The zero-order valence-electron chi connectivity index (χ0n) is 10.8. The molecule has 1 aliphatic rings. The fourth-order valence-electron chi connectivity index (χ4n) is 1.89. The Hall–Kier alpha value is -1.48. The highest BCUT2D eigenvalue weighted by Gasteiger charge is 2.10. The molecular weight excluding hydrogens is 228 g/mol. The largest absolute Gasteiger partial charge is 0.493 e. The first kappa shape index (κ1) is 13.0. The van der Waals surface area contributed by atoms with Gasteiger partial charge in [0.25, 0.3) is 0 Å². The Morgan fingerprint density at radius 2 is 2.28 bits per heavy atom. The topological polar surface area (TPSA) is 38.7 Å². The number of hydrogen-bond acceptors (Lipinski definition) is 3. The summed E-state index contributed by atoms with van der Waals surface area (Å²) in [5.41, 5.74) is 2.02. The molecule has 1 heterocycles. The van der Waals surface area contributed by atoms with Gasteiger partial charge in [0.05, 0.1) is 19.8 Å². The summed E-state index contributed by atoms with van der Waals surface area (Å²) in [6, 6.07) is 5.87. The van der Waals surface area contributed by atoms with Gasteiger partial charge in [0.1, 0.15) is 11.5 Å². The molecule has 0 fully saturated rings. The fraction of sp³-hybridized carbons (Fsp3) is 0.467. The van der Waals surface area contributed by atoms with Crippen molar-refractivity contribution in [3.05, 3.63) is 29.3 Å². The molecule has 0 saturated carbocycles. The molecule has 0 spiro atoms. The molecule has 0 atom stereocenters. The number of benzene rings is 1. The van der Waals surface area contributed by atoms with Crippen LogP contribution in [0.4, 0.5) is 0 Å². The number of hydrogen-bond donors (Lipinski definition) is 1. The van der Waals surface area contributed by atoms with Crippen molar-refractivity contribution in [1.82, 2.24) is 0 Å². The summed E-state index contributed by atoms with van der Waals surface area (Å²) in [5.74, 6) is 1.69. The predicted octanol–water partition coefficient (Wildman–Crippen LogP) is 3.02. The lowest BCUT2D eigenvalue weighted by atomic mass is 10.1. The molecule has 98 valence electrons. The summed E-state index contributed by atoms with van der Waals surface area (Å²) >= 11 is 0. The quantitative estimate of drug-likeness (QED) is 0.814. The summed E-state index contributed by atoms with van der Waals surface area (Å²) in [6.45, 7) is 3.59. The van der Waals surface area contributed by atoms with Crippen LogP contribution in [0.15, 0.2) is 23.8 Å². The van der Waals surface area contributed by atoms with Gasteiger partial charge < -0.3 is 14.6 Å². The number of fused-ring (bicyclic) bond motifs is 1. The van der Waals surface area contributed by atoms with Crippen LogP contribution >= 0.6 is 0 Å². The zero-order valence-corrected chi connectivity index (χ0v) is 10.8. The van der Waals surface area contributed by atoms with E-state index >= 15 is 0 Å². The highest BCUT2D eigenvalue weighted by Crippen LogP contribution is 2.29. The van der Waals surface area contributed by atoms with E-state index in [1.54, 1.807) is 0 Å². The normalized spacial score (nSPS) is 14.2. The number of rotatable bonds is 5. The third-order valence-electron chi connectivity index (χ3n) is 3.00. The number of aliphatic hydroxyl groups excluding tert-OH is 1. The molecule has 0 aliphatic carbocycles. The Morgan fingerprint density at radius 1 is 1.39 bits per heavy atom. The van der Waals surface area contributed by atoms with Gasteiger partial charge in [0, 0.05) is 18.1 Å². The van der Waals surface area contributed by atoms with Crippen molar-refractivity contribution in [3.63, 3.8) is 0 Å². The summed E-state index contributed by atoms with van der Waals surface area (Å²) < 4.78 is 11.3. The Bertz CT molecular complexity index is 424. The smallest absolute Gasteiger partial charge is 0.130 e. The Morgan fingerprint density at radius 3 is 3.06 bits per heavy atom. The second kappa shape index (κ2) is 6.45. The average molecular weight is 248 g/mol. The van der Waals surface area contributed by atoms with Crippen LogP contribution in [-0.2, 0) is 0 Å². The molecule has 1 N–H and O–H groups in total. The molecule has 0 amide bonds. The van der Waals surface area contributed by atoms with Crippen LogP contribution < -0.4 is 9.47 Å². The second-order valence-electron chi connectivity index (χ2n) is 4.46. The van der Waals surface area contributed by atoms with Gasteiger partial charge in [-0.1, -0.05) is 13.3 Å². The van der Waals surface area contributed by atoms with Crippen molar-refractivity contribution in [3.8, 4) is 11.5 Å². The molecule has 0 radical (unpaired) electrons. The zero-order chi connectivity index (χ0) is 12.8. The average Bonchev–Trinajstić information content (AvgIpc) is 2.60. The molecule has 0 unspecified atom stereocenters. The summed E-state index contributed by atoms with van der Waals surface area (Å²) in [5, 5.41) is 9.19. The first-order valence-corrected chi connectivity index (χ1v) is 6.53. The molecule has 1 aromatic carbocycles. The van der Waals surface area contributed by atoms with E-state index in [0.717, 1.165) is 48.5 Å². The summed E-state index contributed by atoms with van der Waals surface area (Å²) in [7, 11) is 0. The third-order valence-corrected chi connectivity index (χ3v) is 3.00. The van der Waals surface area contributed by atoms with Crippen molar-refractivity contribution in [2.24, 2.45) is 0 Å². The fourth-order valence-corrected chi connectivity index (χ4v) is 1.89. The molecule has 3 heteroatoms. The van der Waals surface area contributed by atoms with Crippen molar-refractivity contribution in [1.29, 1.82) is 0 Å². The minimum absolute atomic E-state index is 0.0948. The highest BCUT2D eigenvalue weighted by molar-refractivity contribution is 5.62. The van der Waals surface area contributed by atoms with Crippen LogP contribution in [0.3, 0.4) is 0 Å². The SMILES string of the molecule is CCCCOc1ccc2c(c1)OCCC(CO)=C2. The van der Waals surface area contributed by atoms with E-state index in [1.165, 1.54) is 0 Å². The molecule has 18 heavy (non-hydrogen) atoms. The maximum Gasteiger partial charge on any atom is 0.130 e. The molecule has 0 aromatic heterocycles. The molecule has 1 aromatic rings. The van der Waals surface area contributed by atoms with Crippen LogP contribution in [-0.4, -0.2) is 24.9 Å². The van der Waals surface area contributed by atoms with Gasteiger partial charge in [-0.2, -0.15) is 0 Å².